The fraction of sp³-hybridized carbons (Fsp3) is 0.462. The van der Waals surface area contributed by atoms with Crippen LogP contribution < -0.4 is 5.32 Å². The number of rotatable bonds is 9. The highest BCUT2D eigenvalue weighted by molar-refractivity contribution is 5.82. The van der Waals surface area contributed by atoms with Gasteiger partial charge in [0.25, 0.3) is 0 Å². The molecule has 0 spiro atoms. The van der Waals surface area contributed by atoms with Crippen molar-refractivity contribution in [2.45, 2.75) is 71.0 Å². The molecule has 2 aromatic carbocycles. The van der Waals surface area contributed by atoms with Gasteiger partial charge < -0.3 is 15.2 Å². The van der Waals surface area contributed by atoms with E-state index < -0.39 is 12.2 Å². The van der Waals surface area contributed by atoms with Crippen LogP contribution in [0.5, 0.6) is 0 Å². The van der Waals surface area contributed by atoms with Crippen LogP contribution in [0.2, 0.25) is 0 Å². The molecular formula is C26H34N2O4. The van der Waals surface area contributed by atoms with Gasteiger partial charge >= 0.3 is 6.09 Å². The molecule has 1 saturated heterocycles. The number of Topliss-reactive ketones (excluding diaryl/α,β-unsaturated/α-hetero) is 1. The molecule has 172 valence electrons. The smallest absolute Gasteiger partial charge is 0.407 e. The average Bonchev–Trinajstić information content (AvgIpc) is 3.11. The molecule has 2 N–H and O–H groups in total. The monoisotopic (exact) mass is 438 g/mol. The molecule has 0 radical (unpaired) electrons. The van der Waals surface area contributed by atoms with Crippen molar-refractivity contribution in [1.29, 1.82) is 0 Å². The van der Waals surface area contributed by atoms with E-state index >= 15 is 0 Å². The van der Waals surface area contributed by atoms with E-state index in [-0.39, 0.29) is 36.4 Å². The standard InChI is InChI=1S/C26H34N2O4/c1-18(2)14-24(30)25-22(27-26(31)32-17-21-12-8-5-9-13-21)15-23(19(3)29)28(25)16-20-10-6-4-7-11-20/h4-13,18,22-25,30H,14-17H2,1-3H3,(H,27,31)/t22?,23-,24?,25-/m1/s1. The fourth-order valence-corrected chi connectivity index (χ4v) is 4.54. The summed E-state index contributed by atoms with van der Waals surface area (Å²) in [5.74, 6) is 0.315. The van der Waals surface area contributed by atoms with E-state index in [9.17, 15) is 14.7 Å². The summed E-state index contributed by atoms with van der Waals surface area (Å²) < 4.78 is 5.41. The highest BCUT2D eigenvalue weighted by Crippen LogP contribution is 2.31. The molecule has 0 bridgehead atoms. The number of hydrogen-bond donors (Lipinski definition) is 2. The van der Waals surface area contributed by atoms with Crippen LogP contribution in [-0.2, 0) is 22.7 Å². The number of carbonyl (C=O) groups is 2. The van der Waals surface area contributed by atoms with E-state index in [1.54, 1.807) is 6.92 Å². The van der Waals surface area contributed by atoms with Crippen molar-refractivity contribution in [2.24, 2.45) is 5.92 Å². The summed E-state index contributed by atoms with van der Waals surface area (Å²) in [6, 6.07) is 18.2. The van der Waals surface area contributed by atoms with E-state index in [4.69, 9.17) is 4.74 Å². The first kappa shape index (κ1) is 24.0. The highest BCUT2D eigenvalue weighted by Gasteiger charge is 2.47. The van der Waals surface area contributed by atoms with Gasteiger partial charge in [0.15, 0.2) is 0 Å². The van der Waals surface area contributed by atoms with E-state index in [1.807, 2.05) is 65.6 Å². The van der Waals surface area contributed by atoms with Gasteiger partial charge in [-0.05, 0) is 36.8 Å². The van der Waals surface area contributed by atoms with Gasteiger partial charge in [-0.2, -0.15) is 0 Å². The Kier molecular flexibility index (Phi) is 8.42. The number of ketones is 1. The lowest BCUT2D eigenvalue weighted by atomic mass is 9.95. The van der Waals surface area contributed by atoms with Crippen LogP contribution >= 0.6 is 0 Å². The minimum Gasteiger partial charge on any atom is -0.445 e. The number of alkyl carbamates (subject to hydrolysis) is 1. The molecule has 6 nitrogen and oxygen atoms in total. The van der Waals surface area contributed by atoms with Crippen molar-refractivity contribution < 1.29 is 19.4 Å². The second kappa shape index (κ2) is 11.2. The first-order chi connectivity index (χ1) is 15.3. The largest absolute Gasteiger partial charge is 0.445 e. The second-order valence-electron chi connectivity index (χ2n) is 9.02. The van der Waals surface area contributed by atoms with Gasteiger partial charge in [0.05, 0.1) is 24.2 Å². The maximum Gasteiger partial charge on any atom is 0.407 e. The molecule has 6 heteroatoms. The number of ether oxygens (including phenoxy) is 1. The zero-order valence-electron chi connectivity index (χ0n) is 19.1. The Labute approximate surface area is 190 Å². The number of nitrogens with zero attached hydrogens (tertiary/aromatic N) is 1. The first-order valence-corrected chi connectivity index (χ1v) is 11.3. The minimum absolute atomic E-state index is 0.0321. The number of likely N-dealkylation sites (tertiary alicyclic amines) is 1. The van der Waals surface area contributed by atoms with Crippen LogP contribution in [0.3, 0.4) is 0 Å². The molecule has 1 amide bonds. The molecule has 0 aromatic heterocycles. The maximum absolute atomic E-state index is 12.6. The number of nitrogens with one attached hydrogen (secondary N) is 1. The van der Waals surface area contributed by atoms with E-state index in [2.05, 4.69) is 19.2 Å². The van der Waals surface area contributed by atoms with Crippen LogP contribution in [0.1, 0.15) is 44.7 Å². The SMILES string of the molecule is CC(=O)[C@H]1CC(NC(=O)OCc2ccccc2)[C@H](C(O)CC(C)C)N1Cc1ccccc1. The molecule has 32 heavy (non-hydrogen) atoms. The fourth-order valence-electron chi connectivity index (χ4n) is 4.54. The van der Waals surface area contributed by atoms with Crippen LogP contribution in [0.25, 0.3) is 0 Å². The third-order valence-electron chi connectivity index (χ3n) is 5.97. The summed E-state index contributed by atoms with van der Waals surface area (Å²) in [5, 5.41) is 14.1. The van der Waals surface area contributed by atoms with Crippen molar-refractivity contribution in [1.82, 2.24) is 10.2 Å². The van der Waals surface area contributed by atoms with Gasteiger partial charge in [-0.25, -0.2) is 4.79 Å². The Morgan fingerprint density at radius 1 is 1.06 bits per heavy atom. The molecule has 4 atom stereocenters. The average molecular weight is 439 g/mol. The van der Waals surface area contributed by atoms with Crippen molar-refractivity contribution in [2.75, 3.05) is 0 Å². The minimum atomic E-state index is -0.678. The quantitative estimate of drug-likeness (QED) is 0.620. The zero-order chi connectivity index (χ0) is 23.1. The molecule has 1 aliphatic heterocycles. The predicted molar refractivity (Wildman–Crippen MR) is 124 cm³/mol. The summed E-state index contributed by atoms with van der Waals surface area (Å²) in [4.78, 5) is 27.1. The van der Waals surface area contributed by atoms with Gasteiger partial charge in [-0.15, -0.1) is 0 Å². The highest BCUT2D eigenvalue weighted by atomic mass is 16.5. The molecule has 1 fully saturated rings. The summed E-state index contributed by atoms with van der Waals surface area (Å²) >= 11 is 0. The second-order valence-corrected chi connectivity index (χ2v) is 9.02. The van der Waals surface area contributed by atoms with Crippen molar-refractivity contribution >= 4 is 11.9 Å². The number of hydrogen-bond acceptors (Lipinski definition) is 5. The van der Waals surface area contributed by atoms with Gasteiger partial charge in [-0.3, -0.25) is 9.69 Å². The van der Waals surface area contributed by atoms with Crippen LogP contribution in [0.15, 0.2) is 60.7 Å². The molecule has 1 heterocycles. The van der Waals surface area contributed by atoms with Gasteiger partial charge in [0.1, 0.15) is 12.4 Å². The van der Waals surface area contributed by atoms with Crippen molar-refractivity contribution in [3.63, 3.8) is 0 Å². The number of amides is 1. The maximum atomic E-state index is 12.6. The summed E-state index contributed by atoms with van der Waals surface area (Å²) in [6.45, 7) is 6.38. The van der Waals surface area contributed by atoms with Crippen molar-refractivity contribution in [3.05, 3.63) is 71.8 Å². The van der Waals surface area contributed by atoms with E-state index in [0.29, 0.717) is 19.4 Å². The Hall–Kier alpha value is -2.70. The molecule has 1 aliphatic rings. The number of aliphatic hydroxyl groups excluding tert-OH is 1. The zero-order valence-corrected chi connectivity index (χ0v) is 19.1. The molecule has 2 unspecified atom stereocenters. The lowest BCUT2D eigenvalue weighted by Crippen LogP contribution is -2.52. The van der Waals surface area contributed by atoms with Crippen LogP contribution in [0, 0.1) is 5.92 Å². The Balaban J connectivity index is 1.77. The van der Waals surface area contributed by atoms with E-state index in [1.165, 1.54) is 0 Å². The molecule has 0 saturated carbocycles. The summed E-state index contributed by atoms with van der Waals surface area (Å²) in [5.41, 5.74) is 1.96. The number of benzene rings is 2. The Morgan fingerprint density at radius 3 is 2.22 bits per heavy atom. The predicted octanol–water partition coefficient (Wildman–Crippen LogP) is 3.92. The number of aliphatic hydroxyl groups is 1. The lowest BCUT2D eigenvalue weighted by Gasteiger charge is -2.34. The van der Waals surface area contributed by atoms with Gasteiger partial charge in [0.2, 0.25) is 0 Å². The summed E-state index contributed by atoms with van der Waals surface area (Å²) in [7, 11) is 0. The normalized spacial score (nSPS) is 22.0. The first-order valence-electron chi connectivity index (χ1n) is 11.3. The molecule has 2 aromatic rings. The molecule has 3 rings (SSSR count). The third kappa shape index (κ3) is 6.40. The van der Waals surface area contributed by atoms with Gasteiger partial charge in [-0.1, -0.05) is 74.5 Å². The van der Waals surface area contributed by atoms with Crippen molar-refractivity contribution in [3.8, 4) is 0 Å². The molecule has 0 aliphatic carbocycles. The topological polar surface area (TPSA) is 78.9 Å². The van der Waals surface area contributed by atoms with Gasteiger partial charge in [0, 0.05) is 6.54 Å². The lowest BCUT2D eigenvalue weighted by molar-refractivity contribution is -0.122. The third-order valence-corrected chi connectivity index (χ3v) is 5.97. The van der Waals surface area contributed by atoms with Crippen LogP contribution in [0.4, 0.5) is 4.79 Å². The summed E-state index contributed by atoms with van der Waals surface area (Å²) in [6.07, 6.45) is -0.188. The molecular weight excluding hydrogens is 404 g/mol. The van der Waals surface area contributed by atoms with E-state index in [0.717, 1.165) is 11.1 Å². The van der Waals surface area contributed by atoms with Crippen LogP contribution in [-0.4, -0.2) is 46.1 Å². The Morgan fingerprint density at radius 2 is 1.66 bits per heavy atom. The Bertz CT molecular complexity index is 872. The number of carbonyl (C=O) groups excluding carboxylic acids is 2.